The van der Waals surface area contributed by atoms with Crippen molar-refractivity contribution >= 4 is 5.91 Å². The van der Waals surface area contributed by atoms with Gasteiger partial charge in [-0.3, -0.25) is 9.18 Å². The van der Waals surface area contributed by atoms with Crippen molar-refractivity contribution in [2.24, 2.45) is 16.7 Å². The molecule has 3 nitrogen and oxygen atoms in total. The summed E-state index contributed by atoms with van der Waals surface area (Å²) in [6, 6.07) is 10.9. The van der Waals surface area contributed by atoms with Crippen LogP contribution >= 0.6 is 0 Å². The van der Waals surface area contributed by atoms with Crippen LogP contribution < -0.4 is 10.6 Å². The maximum absolute atomic E-state index is 14.0. The summed E-state index contributed by atoms with van der Waals surface area (Å²) in [6.07, 6.45) is 6.55. The molecule has 1 saturated heterocycles. The van der Waals surface area contributed by atoms with E-state index < -0.39 is 0 Å². The van der Waals surface area contributed by atoms with Crippen molar-refractivity contribution in [1.29, 1.82) is 0 Å². The zero-order valence-electron chi connectivity index (χ0n) is 17.4. The summed E-state index contributed by atoms with van der Waals surface area (Å²) >= 11 is 0. The van der Waals surface area contributed by atoms with Crippen LogP contribution in [0, 0.1) is 16.7 Å². The lowest BCUT2D eigenvalue weighted by Gasteiger charge is -2.57. The zero-order chi connectivity index (χ0) is 19.8. The molecule has 1 aromatic rings. The minimum Gasteiger partial charge on any atom is -0.353 e. The highest BCUT2D eigenvalue weighted by Gasteiger charge is 2.56. The molecule has 3 aliphatic rings. The van der Waals surface area contributed by atoms with Gasteiger partial charge in [0.15, 0.2) is 0 Å². The Morgan fingerprint density at radius 2 is 1.82 bits per heavy atom. The number of fused-ring (bicyclic) bond motifs is 2. The quantitative estimate of drug-likeness (QED) is 0.807. The third kappa shape index (κ3) is 3.72. The molecule has 1 aliphatic heterocycles. The van der Waals surface area contributed by atoms with Crippen LogP contribution in [0.15, 0.2) is 30.3 Å². The van der Waals surface area contributed by atoms with Gasteiger partial charge in [-0.15, -0.1) is 0 Å². The Balaban J connectivity index is 1.62. The van der Waals surface area contributed by atoms with Gasteiger partial charge in [0.1, 0.15) is 0 Å². The van der Waals surface area contributed by atoms with E-state index in [2.05, 4.69) is 48.7 Å². The minimum absolute atomic E-state index is 0.0938. The van der Waals surface area contributed by atoms with Gasteiger partial charge in [-0.2, -0.15) is 0 Å². The highest BCUT2D eigenvalue weighted by molar-refractivity contribution is 5.83. The molecule has 2 aliphatic carbocycles. The van der Waals surface area contributed by atoms with E-state index in [1.807, 2.05) is 6.07 Å². The Bertz CT molecular complexity index is 704. The molecule has 1 aromatic carbocycles. The second-order valence-electron chi connectivity index (χ2n) is 10.5. The van der Waals surface area contributed by atoms with Crippen LogP contribution in [0.2, 0.25) is 0 Å². The lowest BCUT2D eigenvalue weighted by molar-refractivity contribution is -0.139. The standard InChI is InChI=1S/C24H35FN2O/c1-22(17-25)12-18-13-23(2,21(28)27-20-8-10-26-11-9-20)16-24(14-18,15-22)19-6-4-3-5-7-19/h3-7,18,20,26H,8-17H2,1-2H3,(H,27,28)/t18?,22-,23?,24?/m0/s1. The summed E-state index contributed by atoms with van der Waals surface area (Å²) in [4.78, 5) is 13.4. The van der Waals surface area contributed by atoms with Crippen molar-refractivity contribution in [2.75, 3.05) is 19.8 Å². The fraction of sp³-hybridized carbons (Fsp3) is 0.708. The van der Waals surface area contributed by atoms with Gasteiger partial charge in [-0.1, -0.05) is 44.2 Å². The number of carbonyl (C=O) groups excluding carboxylic acids is 1. The topological polar surface area (TPSA) is 41.1 Å². The zero-order valence-corrected chi connectivity index (χ0v) is 17.4. The van der Waals surface area contributed by atoms with E-state index in [1.54, 1.807) is 0 Å². The van der Waals surface area contributed by atoms with Crippen LogP contribution in [-0.4, -0.2) is 31.7 Å². The lowest BCUT2D eigenvalue weighted by Crippen LogP contribution is -2.56. The Hall–Kier alpha value is -1.42. The van der Waals surface area contributed by atoms with Crippen LogP contribution in [0.5, 0.6) is 0 Å². The summed E-state index contributed by atoms with van der Waals surface area (Å²) in [5.41, 5.74) is 0.552. The Morgan fingerprint density at radius 1 is 1.11 bits per heavy atom. The number of nitrogens with one attached hydrogen (secondary N) is 2. The second kappa shape index (κ2) is 7.44. The third-order valence-corrected chi connectivity index (χ3v) is 7.63. The van der Waals surface area contributed by atoms with E-state index in [9.17, 15) is 9.18 Å². The molecule has 4 atom stereocenters. The second-order valence-corrected chi connectivity index (χ2v) is 10.5. The van der Waals surface area contributed by atoms with E-state index in [4.69, 9.17) is 0 Å². The highest BCUT2D eigenvalue weighted by Crippen LogP contribution is 2.61. The fourth-order valence-electron chi connectivity index (χ4n) is 6.73. The van der Waals surface area contributed by atoms with Crippen molar-refractivity contribution in [2.45, 2.75) is 70.3 Å². The van der Waals surface area contributed by atoms with Gasteiger partial charge in [0, 0.05) is 11.5 Å². The maximum Gasteiger partial charge on any atom is 0.226 e. The monoisotopic (exact) mass is 386 g/mol. The largest absolute Gasteiger partial charge is 0.353 e. The first-order valence-electron chi connectivity index (χ1n) is 11.0. The van der Waals surface area contributed by atoms with Crippen LogP contribution in [0.1, 0.15) is 64.4 Å². The minimum atomic E-state index is -0.374. The molecule has 4 rings (SSSR count). The molecule has 2 bridgehead atoms. The van der Waals surface area contributed by atoms with Crippen LogP contribution in [0.25, 0.3) is 0 Å². The first kappa shape index (κ1) is 19.9. The summed E-state index contributed by atoms with van der Waals surface area (Å²) in [5.74, 6) is 0.625. The van der Waals surface area contributed by atoms with E-state index in [0.29, 0.717) is 5.92 Å². The van der Waals surface area contributed by atoms with Crippen molar-refractivity contribution in [3.05, 3.63) is 35.9 Å². The van der Waals surface area contributed by atoms with E-state index >= 15 is 0 Å². The summed E-state index contributed by atoms with van der Waals surface area (Å²) in [6.45, 7) is 5.95. The van der Waals surface area contributed by atoms with Gasteiger partial charge < -0.3 is 10.6 Å². The number of carbonyl (C=O) groups is 1. The molecule has 28 heavy (non-hydrogen) atoms. The van der Waals surface area contributed by atoms with Gasteiger partial charge >= 0.3 is 0 Å². The van der Waals surface area contributed by atoms with Crippen molar-refractivity contribution in [1.82, 2.24) is 10.6 Å². The molecular formula is C24H35FN2O. The van der Waals surface area contributed by atoms with E-state index in [0.717, 1.165) is 58.0 Å². The number of hydrogen-bond acceptors (Lipinski definition) is 2. The van der Waals surface area contributed by atoms with Crippen molar-refractivity contribution in [3.8, 4) is 0 Å². The fourth-order valence-corrected chi connectivity index (χ4v) is 6.73. The van der Waals surface area contributed by atoms with Crippen molar-refractivity contribution < 1.29 is 9.18 Å². The number of rotatable bonds is 4. The number of amides is 1. The molecule has 0 spiro atoms. The van der Waals surface area contributed by atoms with E-state index in [1.165, 1.54) is 5.56 Å². The predicted octanol–water partition coefficient (Wildman–Crippen LogP) is 4.37. The van der Waals surface area contributed by atoms with Gasteiger partial charge in [0.25, 0.3) is 0 Å². The molecule has 3 fully saturated rings. The molecule has 1 heterocycles. The molecule has 0 aromatic heterocycles. The number of benzene rings is 1. The normalized spacial score (nSPS) is 38.8. The highest BCUT2D eigenvalue weighted by atomic mass is 19.1. The number of piperidine rings is 1. The average molecular weight is 387 g/mol. The molecule has 2 saturated carbocycles. The number of halogens is 1. The van der Waals surface area contributed by atoms with Gasteiger partial charge in [0.05, 0.1) is 6.67 Å². The molecule has 4 heteroatoms. The van der Waals surface area contributed by atoms with Gasteiger partial charge in [-0.25, -0.2) is 0 Å². The summed E-state index contributed by atoms with van der Waals surface area (Å²) in [7, 11) is 0. The molecule has 2 N–H and O–H groups in total. The van der Waals surface area contributed by atoms with Gasteiger partial charge in [0.2, 0.25) is 5.91 Å². The molecule has 154 valence electrons. The predicted molar refractivity (Wildman–Crippen MR) is 111 cm³/mol. The first-order chi connectivity index (χ1) is 13.4. The van der Waals surface area contributed by atoms with Crippen LogP contribution in [-0.2, 0) is 10.2 Å². The first-order valence-corrected chi connectivity index (χ1v) is 11.0. The summed E-state index contributed by atoms with van der Waals surface area (Å²) < 4.78 is 14.0. The molecule has 1 amide bonds. The molecule has 3 unspecified atom stereocenters. The smallest absolute Gasteiger partial charge is 0.226 e. The number of alkyl halides is 1. The number of hydrogen-bond donors (Lipinski definition) is 2. The lowest BCUT2D eigenvalue weighted by atomic mass is 9.47. The molecule has 0 radical (unpaired) electrons. The average Bonchev–Trinajstić information content (AvgIpc) is 2.68. The van der Waals surface area contributed by atoms with Crippen LogP contribution in [0.3, 0.4) is 0 Å². The summed E-state index contributed by atoms with van der Waals surface area (Å²) in [5, 5.41) is 6.73. The Kier molecular flexibility index (Phi) is 5.28. The van der Waals surface area contributed by atoms with Crippen LogP contribution in [0.4, 0.5) is 4.39 Å². The van der Waals surface area contributed by atoms with Crippen molar-refractivity contribution in [3.63, 3.8) is 0 Å². The van der Waals surface area contributed by atoms with Gasteiger partial charge in [-0.05, 0) is 80.3 Å². The SMILES string of the molecule is CC1(C(=O)NC2CCNCC2)CC2CC(c3ccccc3)(C1)C[C@@](C)(CF)C2. The Morgan fingerprint density at radius 3 is 2.50 bits per heavy atom. The third-order valence-electron chi connectivity index (χ3n) is 7.63. The Labute approximate surface area is 168 Å². The maximum atomic E-state index is 14.0. The van der Waals surface area contributed by atoms with E-state index in [-0.39, 0.29) is 34.9 Å². The molecular weight excluding hydrogens is 351 g/mol.